The van der Waals surface area contributed by atoms with E-state index in [1.54, 1.807) is 18.6 Å². The smallest absolute Gasteiger partial charge is 0.0724 e. The van der Waals surface area contributed by atoms with Crippen LogP contribution in [0.2, 0.25) is 0 Å². The number of hydrogen-bond donors (Lipinski definition) is 2. The maximum atomic E-state index is 9.57. The van der Waals surface area contributed by atoms with Crippen LogP contribution in [0.3, 0.4) is 0 Å². The second-order valence-corrected chi connectivity index (χ2v) is 3.73. The normalized spacial score (nSPS) is 18.1. The summed E-state index contributed by atoms with van der Waals surface area (Å²) in [4.78, 5) is 8.09. The number of aliphatic hydroxyl groups is 1. The largest absolute Gasteiger partial charge is 0.392 e. The van der Waals surface area contributed by atoms with Crippen molar-refractivity contribution in [2.45, 2.75) is 25.5 Å². The molecule has 0 spiro atoms. The van der Waals surface area contributed by atoms with Gasteiger partial charge in [-0.1, -0.05) is 0 Å². The Labute approximate surface area is 83.4 Å². The fraction of sp³-hybridized carbons (Fsp3) is 0.600. The fourth-order valence-corrected chi connectivity index (χ4v) is 1.42. The van der Waals surface area contributed by atoms with Gasteiger partial charge in [0.2, 0.25) is 0 Å². The van der Waals surface area contributed by atoms with Crippen molar-refractivity contribution in [3.05, 3.63) is 24.3 Å². The molecule has 1 fully saturated rings. The Balaban J connectivity index is 1.67. The molecule has 1 aliphatic carbocycles. The Morgan fingerprint density at radius 2 is 2.36 bits per heavy atom. The lowest BCUT2D eigenvalue weighted by Crippen LogP contribution is -2.28. The lowest BCUT2D eigenvalue weighted by molar-refractivity contribution is 0.148. The molecule has 0 radical (unpaired) electrons. The first-order valence-corrected chi connectivity index (χ1v) is 5.00. The first-order valence-electron chi connectivity index (χ1n) is 5.00. The van der Waals surface area contributed by atoms with E-state index in [0.717, 1.165) is 5.69 Å². The molecule has 2 rings (SSSR count). The van der Waals surface area contributed by atoms with E-state index >= 15 is 0 Å². The van der Waals surface area contributed by atoms with E-state index in [1.807, 2.05) is 0 Å². The Morgan fingerprint density at radius 1 is 1.50 bits per heavy atom. The minimum absolute atomic E-state index is 0.188. The lowest BCUT2D eigenvalue weighted by atomic mass is 10.2. The van der Waals surface area contributed by atoms with Crippen LogP contribution in [-0.4, -0.2) is 27.7 Å². The Hall–Kier alpha value is -1.00. The summed E-state index contributed by atoms with van der Waals surface area (Å²) >= 11 is 0. The van der Waals surface area contributed by atoms with E-state index in [2.05, 4.69) is 15.3 Å². The molecule has 1 atom stereocenters. The van der Waals surface area contributed by atoms with Crippen LogP contribution in [0.5, 0.6) is 0 Å². The van der Waals surface area contributed by atoms with Crippen molar-refractivity contribution in [3.63, 3.8) is 0 Å². The molecule has 0 saturated heterocycles. The summed E-state index contributed by atoms with van der Waals surface area (Å²) < 4.78 is 0. The summed E-state index contributed by atoms with van der Waals surface area (Å²) in [7, 11) is 0. The molecule has 0 amide bonds. The Bertz CT molecular complexity index is 274. The molecule has 4 heteroatoms. The summed E-state index contributed by atoms with van der Waals surface area (Å²) in [5, 5.41) is 12.7. The van der Waals surface area contributed by atoms with Crippen molar-refractivity contribution >= 4 is 0 Å². The molecule has 0 aliphatic heterocycles. The van der Waals surface area contributed by atoms with Gasteiger partial charge in [0.1, 0.15) is 0 Å². The van der Waals surface area contributed by atoms with Crippen LogP contribution >= 0.6 is 0 Å². The third-order valence-corrected chi connectivity index (χ3v) is 2.44. The van der Waals surface area contributed by atoms with Crippen molar-refractivity contribution in [1.29, 1.82) is 0 Å². The third-order valence-electron chi connectivity index (χ3n) is 2.44. The summed E-state index contributed by atoms with van der Waals surface area (Å²) in [6, 6.07) is 0. The third kappa shape index (κ3) is 2.75. The molecule has 1 heterocycles. The highest BCUT2D eigenvalue weighted by atomic mass is 16.3. The topological polar surface area (TPSA) is 58.0 Å². The first kappa shape index (κ1) is 9.55. The molecule has 14 heavy (non-hydrogen) atoms. The van der Waals surface area contributed by atoms with E-state index in [1.165, 1.54) is 12.8 Å². The van der Waals surface area contributed by atoms with Crippen LogP contribution in [0.1, 0.15) is 18.5 Å². The van der Waals surface area contributed by atoms with Crippen LogP contribution in [-0.2, 0) is 6.54 Å². The number of hydrogen-bond acceptors (Lipinski definition) is 4. The highest BCUT2D eigenvalue weighted by molar-refractivity contribution is 4.94. The molecular formula is C10H15N3O. The van der Waals surface area contributed by atoms with Crippen molar-refractivity contribution in [2.75, 3.05) is 6.54 Å². The average Bonchev–Trinajstić information content (AvgIpc) is 3.02. The number of nitrogens with zero attached hydrogens (tertiary/aromatic N) is 2. The van der Waals surface area contributed by atoms with Gasteiger partial charge in [-0.05, 0) is 18.8 Å². The molecule has 2 N–H and O–H groups in total. The van der Waals surface area contributed by atoms with Crippen LogP contribution < -0.4 is 5.32 Å². The van der Waals surface area contributed by atoms with Crippen LogP contribution in [0.25, 0.3) is 0 Å². The zero-order valence-electron chi connectivity index (χ0n) is 8.06. The summed E-state index contributed by atoms with van der Waals surface area (Å²) in [5.74, 6) is 0.532. The molecule has 1 aromatic heterocycles. The van der Waals surface area contributed by atoms with Gasteiger partial charge in [-0.2, -0.15) is 0 Å². The Kier molecular flexibility index (Phi) is 3.06. The monoisotopic (exact) mass is 193 g/mol. The molecule has 4 nitrogen and oxygen atoms in total. The van der Waals surface area contributed by atoms with E-state index < -0.39 is 0 Å². The standard InChI is InChI=1S/C10H15N3O/c14-10(8-1-2-8)7-12-6-9-5-11-3-4-13-9/h3-5,8,10,12,14H,1-2,6-7H2. The minimum atomic E-state index is -0.188. The van der Waals surface area contributed by atoms with Crippen LogP contribution in [0.4, 0.5) is 0 Å². The van der Waals surface area contributed by atoms with Crippen molar-refractivity contribution in [3.8, 4) is 0 Å². The number of aromatic nitrogens is 2. The number of nitrogens with one attached hydrogen (secondary N) is 1. The molecular weight excluding hydrogens is 178 g/mol. The molecule has 1 saturated carbocycles. The maximum Gasteiger partial charge on any atom is 0.0724 e. The second-order valence-electron chi connectivity index (χ2n) is 3.73. The quantitative estimate of drug-likeness (QED) is 0.708. The van der Waals surface area contributed by atoms with Crippen LogP contribution in [0.15, 0.2) is 18.6 Å². The minimum Gasteiger partial charge on any atom is -0.392 e. The van der Waals surface area contributed by atoms with Crippen molar-refractivity contribution < 1.29 is 5.11 Å². The SMILES string of the molecule is OC(CNCc1cnccn1)C1CC1. The van der Waals surface area contributed by atoms with E-state index in [9.17, 15) is 5.11 Å². The maximum absolute atomic E-state index is 9.57. The predicted octanol–water partition coefficient (Wildman–Crippen LogP) is 0.337. The number of aliphatic hydroxyl groups excluding tert-OH is 1. The molecule has 1 aliphatic rings. The van der Waals surface area contributed by atoms with E-state index in [-0.39, 0.29) is 6.10 Å². The van der Waals surface area contributed by atoms with Gasteiger partial charge in [0, 0.05) is 31.7 Å². The van der Waals surface area contributed by atoms with E-state index in [4.69, 9.17) is 0 Å². The van der Waals surface area contributed by atoms with E-state index in [0.29, 0.717) is 19.0 Å². The average molecular weight is 193 g/mol. The first-order chi connectivity index (χ1) is 6.86. The highest BCUT2D eigenvalue weighted by Gasteiger charge is 2.28. The summed E-state index contributed by atoms with van der Waals surface area (Å²) in [6.07, 6.45) is 7.22. The molecule has 76 valence electrons. The van der Waals surface area contributed by atoms with Gasteiger partial charge in [0.25, 0.3) is 0 Å². The van der Waals surface area contributed by atoms with Gasteiger partial charge >= 0.3 is 0 Å². The molecule has 1 unspecified atom stereocenters. The fourth-order valence-electron chi connectivity index (χ4n) is 1.42. The zero-order valence-corrected chi connectivity index (χ0v) is 8.06. The zero-order chi connectivity index (χ0) is 9.80. The van der Waals surface area contributed by atoms with Gasteiger partial charge < -0.3 is 10.4 Å². The van der Waals surface area contributed by atoms with Gasteiger partial charge in [0.15, 0.2) is 0 Å². The van der Waals surface area contributed by atoms with Gasteiger partial charge in [-0.15, -0.1) is 0 Å². The number of rotatable bonds is 5. The highest BCUT2D eigenvalue weighted by Crippen LogP contribution is 2.32. The van der Waals surface area contributed by atoms with Gasteiger partial charge in [0.05, 0.1) is 11.8 Å². The molecule has 1 aromatic rings. The molecule has 0 aromatic carbocycles. The van der Waals surface area contributed by atoms with Crippen molar-refractivity contribution in [1.82, 2.24) is 15.3 Å². The van der Waals surface area contributed by atoms with Gasteiger partial charge in [-0.25, -0.2) is 0 Å². The van der Waals surface area contributed by atoms with Gasteiger partial charge in [-0.3, -0.25) is 9.97 Å². The Morgan fingerprint density at radius 3 is 3.00 bits per heavy atom. The molecule has 0 bridgehead atoms. The lowest BCUT2D eigenvalue weighted by Gasteiger charge is -2.09. The second kappa shape index (κ2) is 4.48. The summed E-state index contributed by atoms with van der Waals surface area (Å²) in [6.45, 7) is 1.33. The summed E-state index contributed by atoms with van der Waals surface area (Å²) in [5.41, 5.74) is 0.912. The van der Waals surface area contributed by atoms with Crippen molar-refractivity contribution in [2.24, 2.45) is 5.92 Å². The predicted molar refractivity (Wildman–Crippen MR) is 52.5 cm³/mol. The van der Waals surface area contributed by atoms with Crippen LogP contribution in [0, 0.1) is 5.92 Å².